The average Bonchev–Trinajstić information content (AvgIpc) is 3.23. The highest BCUT2D eigenvalue weighted by Crippen LogP contribution is 2.65. The fourth-order valence-electron chi connectivity index (χ4n) is 8.35. The number of piperidine rings is 2. The first kappa shape index (κ1) is 31.4. The van der Waals surface area contributed by atoms with Gasteiger partial charge in [0.05, 0.1) is 22.0 Å². The van der Waals surface area contributed by atoms with Gasteiger partial charge in [-0.1, -0.05) is 12.1 Å². The molecule has 0 radical (unpaired) electrons. The third kappa shape index (κ3) is 4.93. The zero-order chi connectivity index (χ0) is 32.4. The molecule has 45 heavy (non-hydrogen) atoms. The van der Waals surface area contributed by atoms with Crippen LogP contribution in [0.1, 0.15) is 99.0 Å². The van der Waals surface area contributed by atoms with Crippen LogP contribution in [0.15, 0.2) is 18.2 Å². The molecule has 3 saturated heterocycles. The molecule has 2 amide bonds. The first-order valence-electron chi connectivity index (χ1n) is 16.8. The molecule has 1 aromatic carbocycles. The number of halogens is 2. The topological polar surface area (TPSA) is 71.6 Å². The lowest BCUT2D eigenvalue weighted by Gasteiger charge is -2.49. The van der Waals surface area contributed by atoms with E-state index in [-0.39, 0.29) is 30.5 Å². The molecule has 0 N–H and O–H groups in total. The lowest BCUT2D eigenvalue weighted by atomic mass is 9.71. The molecular weight excluding hydrogens is 579 g/mol. The Morgan fingerprint density at radius 3 is 2.18 bits per heavy atom. The van der Waals surface area contributed by atoms with Crippen LogP contribution in [0, 0.1) is 5.41 Å². The lowest BCUT2D eigenvalue weighted by molar-refractivity contribution is -0.126. The van der Waals surface area contributed by atoms with E-state index in [0.717, 1.165) is 42.5 Å². The summed E-state index contributed by atoms with van der Waals surface area (Å²) >= 11 is 0. The highest BCUT2D eigenvalue weighted by Gasteiger charge is 2.71. The molecule has 2 saturated carbocycles. The monoisotopic (exact) mass is 627 g/mol. The molecule has 0 aromatic heterocycles. The zero-order valence-electron chi connectivity index (χ0n) is 27.9. The molecule has 1 aromatic rings. The first-order chi connectivity index (χ1) is 20.9. The molecule has 5 fully saturated rings. The Balaban J connectivity index is 1.14. The van der Waals surface area contributed by atoms with Crippen molar-refractivity contribution in [2.75, 3.05) is 31.1 Å². The molecule has 6 aliphatic rings. The van der Waals surface area contributed by atoms with Crippen LogP contribution >= 0.6 is 0 Å². The Labute approximate surface area is 266 Å². The summed E-state index contributed by atoms with van der Waals surface area (Å²) in [7, 11) is -0.554. The third-order valence-corrected chi connectivity index (χ3v) is 12.0. The number of carbonyl (C=O) groups is 2. The van der Waals surface area contributed by atoms with E-state index in [4.69, 9.17) is 14.0 Å². The number of alkyl halides is 2. The van der Waals surface area contributed by atoms with Crippen LogP contribution in [0.5, 0.6) is 0 Å². The maximum Gasteiger partial charge on any atom is 0.494 e. The van der Waals surface area contributed by atoms with Crippen molar-refractivity contribution in [3.63, 3.8) is 0 Å². The molecule has 0 bridgehead atoms. The van der Waals surface area contributed by atoms with Crippen LogP contribution in [0.3, 0.4) is 0 Å². The van der Waals surface area contributed by atoms with Gasteiger partial charge in [-0.05, 0) is 111 Å². The van der Waals surface area contributed by atoms with Crippen molar-refractivity contribution in [2.24, 2.45) is 5.41 Å². The number of amides is 2. The molecule has 4 aliphatic heterocycles. The fourth-order valence-corrected chi connectivity index (χ4v) is 8.35. The Morgan fingerprint density at radius 1 is 0.978 bits per heavy atom. The van der Waals surface area contributed by atoms with Gasteiger partial charge in [-0.15, -0.1) is 0 Å². The number of carbonyl (C=O) groups excluding carboxylic acids is 2. The molecule has 1 unspecified atom stereocenters. The molecule has 1 atom stereocenters. The van der Waals surface area contributed by atoms with E-state index in [1.54, 1.807) is 4.90 Å². The number of rotatable bonds is 3. The molecule has 7 rings (SSSR count). The summed E-state index contributed by atoms with van der Waals surface area (Å²) in [5.41, 5.74) is -0.374. The third-order valence-electron chi connectivity index (χ3n) is 12.0. The molecular formula is C34H48BF2N3O5. The number of hydrogen-bond donors (Lipinski definition) is 0. The second-order valence-corrected chi connectivity index (χ2v) is 16.6. The normalized spacial score (nSPS) is 33.0. The summed E-state index contributed by atoms with van der Waals surface area (Å²) in [6.07, 6.45) is 3.65. The zero-order valence-corrected chi connectivity index (χ0v) is 27.9. The van der Waals surface area contributed by atoms with Crippen LogP contribution < -0.4 is 10.4 Å². The summed E-state index contributed by atoms with van der Waals surface area (Å²) in [5.74, 6) is -2.46. The number of benzene rings is 1. The largest absolute Gasteiger partial charge is 0.494 e. The maximum atomic E-state index is 14.6. The molecule has 2 aliphatic carbocycles. The number of hydrogen-bond acceptors (Lipinski definition) is 6. The summed E-state index contributed by atoms with van der Waals surface area (Å²) in [5, 5.41) is 0. The second kappa shape index (κ2) is 9.89. The predicted molar refractivity (Wildman–Crippen MR) is 168 cm³/mol. The Bertz CT molecular complexity index is 1380. The van der Waals surface area contributed by atoms with E-state index in [1.165, 1.54) is 0 Å². The molecule has 8 nitrogen and oxygen atoms in total. The van der Waals surface area contributed by atoms with E-state index in [9.17, 15) is 18.4 Å². The highest BCUT2D eigenvalue weighted by atomic mass is 19.3. The number of nitrogens with zero attached hydrogens (tertiary/aromatic N) is 3. The van der Waals surface area contributed by atoms with E-state index in [2.05, 4.69) is 17.0 Å². The Kier molecular flexibility index (Phi) is 6.90. The van der Waals surface area contributed by atoms with E-state index in [0.29, 0.717) is 38.9 Å². The lowest BCUT2D eigenvalue weighted by Crippen LogP contribution is -2.59. The summed E-state index contributed by atoms with van der Waals surface area (Å²) in [4.78, 5) is 33.5. The Morgan fingerprint density at radius 2 is 1.60 bits per heavy atom. The molecule has 11 heteroatoms. The van der Waals surface area contributed by atoms with Gasteiger partial charge in [0.1, 0.15) is 5.60 Å². The fraction of sp³-hybridized carbons (Fsp3) is 0.765. The van der Waals surface area contributed by atoms with Crippen molar-refractivity contribution in [3.8, 4) is 0 Å². The second-order valence-electron chi connectivity index (χ2n) is 16.6. The number of likely N-dealkylation sites (tertiary alicyclic amines) is 2. The molecule has 4 heterocycles. The van der Waals surface area contributed by atoms with Gasteiger partial charge in [0, 0.05) is 43.8 Å². The van der Waals surface area contributed by atoms with Crippen LogP contribution in [0.4, 0.5) is 19.3 Å². The van der Waals surface area contributed by atoms with Gasteiger partial charge in [0.2, 0.25) is 5.91 Å². The van der Waals surface area contributed by atoms with Crippen LogP contribution in [-0.2, 0) is 24.3 Å². The van der Waals surface area contributed by atoms with E-state index in [1.807, 2.05) is 59.4 Å². The van der Waals surface area contributed by atoms with Crippen molar-refractivity contribution in [2.45, 2.75) is 134 Å². The summed E-state index contributed by atoms with van der Waals surface area (Å²) < 4.78 is 46.9. The smallest absolute Gasteiger partial charge is 0.444 e. The first-order valence-corrected chi connectivity index (χ1v) is 16.8. The van der Waals surface area contributed by atoms with Crippen molar-refractivity contribution >= 4 is 30.3 Å². The van der Waals surface area contributed by atoms with Gasteiger partial charge < -0.3 is 23.8 Å². The Hall–Kier alpha value is -2.24. The van der Waals surface area contributed by atoms with Crippen LogP contribution in [0.2, 0.25) is 0 Å². The SMILES string of the molecule is CC(C)(C)OC(=O)N1CCC2(CC1)C(=O)N([C@H]1C[C@@H](N3CCCC4(C3)CC4(F)F)C1)c1cc(B3OC(C)(C)C(C)(C)O3)ccc12. The van der Waals surface area contributed by atoms with E-state index >= 15 is 0 Å². The van der Waals surface area contributed by atoms with Gasteiger partial charge in [-0.3, -0.25) is 9.69 Å². The summed E-state index contributed by atoms with van der Waals surface area (Å²) in [6, 6.07) is 6.36. The van der Waals surface area contributed by atoms with Gasteiger partial charge in [-0.25, -0.2) is 13.6 Å². The van der Waals surface area contributed by atoms with E-state index < -0.39 is 40.7 Å². The minimum Gasteiger partial charge on any atom is -0.444 e. The van der Waals surface area contributed by atoms with Gasteiger partial charge in [0.25, 0.3) is 5.92 Å². The number of fused-ring (bicyclic) bond motifs is 2. The predicted octanol–water partition coefficient (Wildman–Crippen LogP) is 5.25. The number of anilines is 1. The van der Waals surface area contributed by atoms with Crippen LogP contribution in [-0.4, -0.2) is 89.9 Å². The summed E-state index contributed by atoms with van der Waals surface area (Å²) in [6.45, 7) is 15.8. The van der Waals surface area contributed by atoms with Crippen molar-refractivity contribution in [3.05, 3.63) is 23.8 Å². The maximum absolute atomic E-state index is 14.6. The van der Waals surface area contributed by atoms with Gasteiger partial charge >= 0.3 is 13.2 Å². The van der Waals surface area contributed by atoms with Crippen molar-refractivity contribution in [1.82, 2.24) is 9.80 Å². The minimum absolute atomic E-state index is 0.00403. The quantitative estimate of drug-likeness (QED) is 0.427. The van der Waals surface area contributed by atoms with Gasteiger partial charge in [0.15, 0.2) is 0 Å². The average molecular weight is 628 g/mol. The molecule has 246 valence electrons. The van der Waals surface area contributed by atoms with Gasteiger partial charge in [-0.2, -0.15) is 0 Å². The highest BCUT2D eigenvalue weighted by molar-refractivity contribution is 6.62. The van der Waals surface area contributed by atoms with Crippen molar-refractivity contribution in [1.29, 1.82) is 0 Å². The standard InChI is InChI=1S/C34H48BF2N3O5/c1-29(2,3)43-28(42)38-15-12-33(13-16-38)25-10-9-22(35-44-30(4,5)31(6,7)45-35)17-26(25)40(27(33)41)24-18-23(19-24)39-14-8-11-32(21-39)20-34(32,36)37/h9-10,17,23-24H,8,11-16,18-21H2,1-7H3/t23-,24+,32?. The van der Waals surface area contributed by atoms with Crippen LogP contribution in [0.25, 0.3) is 0 Å². The minimum atomic E-state index is -2.54. The number of ether oxygens (including phenoxy) is 1. The molecule has 2 spiro atoms. The van der Waals surface area contributed by atoms with Crippen molar-refractivity contribution < 1.29 is 32.4 Å².